The number of benzene rings is 2. The zero-order valence-electron chi connectivity index (χ0n) is 13.4. The summed E-state index contributed by atoms with van der Waals surface area (Å²) in [6, 6.07) is 12.6. The second kappa shape index (κ2) is 7.94. The topological polar surface area (TPSA) is 74.5 Å². The van der Waals surface area contributed by atoms with E-state index in [-0.39, 0.29) is 6.61 Å². The lowest BCUT2D eigenvalue weighted by Crippen LogP contribution is -2.00. The number of rotatable bonds is 7. The molecule has 0 saturated carbocycles. The fourth-order valence-corrected chi connectivity index (χ4v) is 2.63. The van der Waals surface area contributed by atoms with Gasteiger partial charge >= 0.3 is 0 Å². The van der Waals surface area contributed by atoms with Crippen LogP contribution in [0.2, 0.25) is 0 Å². The first-order valence-corrected chi connectivity index (χ1v) is 8.42. The predicted octanol–water partition coefficient (Wildman–Crippen LogP) is 4.29. The van der Waals surface area contributed by atoms with Crippen molar-refractivity contribution >= 4 is 22.2 Å². The van der Waals surface area contributed by atoms with Gasteiger partial charge in [-0.15, -0.1) is 10.2 Å². The van der Waals surface area contributed by atoms with Gasteiger partial charge in [0, 0.05) is 10.0 Å². The highest BCUT2D eigenvalue weighted by Gasteiger charge is 2.13. The van der Waals surface area contributed by atoms with Gasteiger partial charge in [0.2, 0.25) is 5.89 Å². The van der Waals surface area contributed by atoms with Gasteiger partial charge < -0.3 is 13.9 Å². The smallest absolute Gasteiger partial charge is 0.254 e. The Morgan fingerprint density at radius 3 is 2.72 bits per heavy atom. The highest BCUT2D eigenvalue weighted by molar-refractivity contribution is 9.10. The molecule has 128 valence electrons. The molecule has 0 spiro atoms. The van der Waals surface area contributed by atoms with Crippen molar-refractivity contribution in [1.29, 1.82) is 0 Å². The molecule has 0 aliphatic carbocycles. The van der Waals surface area contributed by atoms with Gasteiger partial charge in [-0.05, 0) is 53.2 Å². The summed E-state index contributed by atoms with van der Waals surface area (Å²) in [5, 5.41) is 8.04. The molecule has 0 bridgehead atoms. The van der Waals surface area contributed by atoms with E-state index in [4.69, 9.17) is 13.9 Å². The van der Waals surface area contributed by atoms with Gasteiger partial charge in [-0.3, -0.25) is 4.79 Å². The summed E-state index contributed by atoms with van der Waals surface area (Å²) in [5.74, 6) is 1.76. The average Bonchev–Trinajstić information content (AvgIpc) is 3.10. The van der Waals surface area contributed by atoms with Gasteiger partial charge in [-0.25, -0.2) is 0 Å². The van der Waals surface area contributed by atoms with Crippen molar-refractivity contribution in [3.63, 3.8) is 0 Å². The van der Waals surface area contributed by atoms with Crippen LogP contribution >= 0.6 is 15.9 Å². The van der Waals surface area contributed by atoms with Crippen LogP contribution < -0.4 is 9.47 Å². The summed E-state index contributed by atoms with van der Waals surface area (Å²) in [6.07, 6.45) is 0.758. The van der Waals surface area contributed by atoms with Crippen LogP contribution in [0.5, 0.6) is 11.5 Å². The van der Waals surface area contributed by atoms with Crippen LogP contribution in [-0.4, -0.2) is 23.1 Å². The van der Waals surface area contributed by atoms with Gasteiger partial charge in [0.25, 0.3) is 5.89 Å². The number of hydrogen-bond donors (Lipinski definition) is 0. The maximum Gasteiger partial charge on any atom is 0.254 e. The molecular weight excluding hydrogens is 388 g/mol. The number of nitrogens with zero attached hydrogens (tertiary/aromatic N) is 2. The fraction of sp³-hybridized carbons (Fsp3) is 0.167. The molecule has 0 saturated heterocycles. The van der Waals surface area contributed by atoms with E-state index in [1.165, 1.54) is 0 Å². The molecular formula is C18H15BrN2O4. The summed E-state index contributed by atoms with van der Waals surface area (Å²) in [5.41, 5.74) is 1.33. The number of carbonyl (C=O) groups is 1. The van der Waals surface area contributed by atoms with Crippen LogP contribution in [0.4, 0.5) is 0 Å². The van der Waals surface area contributed by atoms with Crippen molar-refractivity contribution in [2.24, 2.45) is 0 Å². The van der Waals surface area contributed by atoms with E-state index >= 15 is 0 Å². The molecule has 0 atom stereocenters. The maximum atomic E-state index is 10.9. The van der Waals surface area contributed by atoms with Crippen molar-refractivity contribution < 1.29 is 18.7 Å². The summed E-state index contributed by atoms with van der Waals surface area (Å²) in [6.45, 7) is 2.42. The van der Waals surface area contributed by atoms with Gasteiger partial charge in [0.05, 0.1) is 12.2 Å². The van der Waals surface area contributed by atoms with Gasteiger partial charge in [-0.2, -0.15) is 0 Å². The molecule has 1 aromatic heterocycles. The van der Waals surface area contributed by atoms with Crippen LogP contribution in [0.3, 0.4) is 0 Å². The number of aldehydes is 1. The molecule has 6 nitrogen and oxygen atoms in total. The monoisotopic (exact) mass is 402 g/mol. The van der Waals surface area contributed by atoms with E-state index in [9.17, 15) is 4.79 Å². The number of ether oxygens (including phenoxy) is 2. The maximum absolute atomic E-state index is 10.9. The van der Waals surface area contributed by atoms with Crippen LogP contribution in [0.25, 0.3) is 11.5 Å². The fourth-order valence-electron chi connectivity index (χ4n) is 2.18. The Morgan fingerprint density at radius 2 is 1.96 bits per heavy atom. The van der Waals surface area contributed by atoms with Crippen molar-refractivity contribution in [3.05, 3.63) is 58.4 Å². The number of halogens is 1. The lowest BCUT2D eigenvalue weighted by Gasteiger charge is -2.10. The molecule has 0 aliphatic rings. The second-order valence-corrected chi connectivity index (χ2v) is 5.88. The third-order valence-electron chi connectivity index (χ3n) is 3.33. The zero-order chi connectivity index (χ0) is 17.6. The lowest BCUT2D eigenvalue weighted by molar-refractivity contribution is 0.112. The highest BCUT2D eigenvalue weighted by atomic mass is 79.9. The van der Waals surface area contributed by atoms with E-state index in [0.717, 1.165) is 16.3 Å². The molecule has 3 rings (SSSR count). The first-order valence-electron chi connectivity index (χ1n) is 7.63. The summed E-state index contributed by atoms with van der Waals surface area (Å²) in [4.78, 5) is 10.9. The van der Waals surface area contributed by atoms with Crippen LogP contribution in [0.1, 0.15) is 23.2 Å². The normalized spacial score (nSPS) is 10.5. The van der Waals surface area contributed by atoms with E-state index in [1.54, 1.807) is 18.2 Å². The molecule has 1 heterocycles. The summed E-state index contributed by atoms with van der Waals surface area (Å²) < 4.78 is 17.7. The zero-order valence-corrected chi connectivity index (χ0v) is 15.0. The molecule has 3 aromatic rings. The lowest BCUT2D eigenvalue weighted by atomic mass is 10.2. The van der Waals surface area contributed by atoms with Crippen LogP contribution in [0.15, 0.2) is 51.4 Å². The average molecular weight is 403 g/mol. The second-order valence-electron chi connectivity index (χ2n) is 5.03. The minimum Gasteiger partial charge on any atom is -0.490 e. The Balaban J connectivity index is 1.74. The SMILES string of the molecule is CCOc1cc(C=O)ccc1OCc1nnc(-c2ccccc2Br)o1. The Morgan fingerprint density at radius 1 is 1.12 bits per heavy atom. The largest absolute Gasteiger partial charge is 0.490 e. The third-order valence-corrected chi connectivity index (χ3v) is 4.02. The van der Waals surface area contributed by atoms with E-state index in [2.05, 4.69) is 26.1 Å². The Bertz CT molecular complexity index is 879. The number of carbonyl (C=O) groups excluding carboxylic acids is 1. The Hall–Kier alpha value is -2.67. The quantitative estimate of drug-likeness (QED) is 0.548. The van der Waals surface area contributed by atoms with Crippen molar-refractivity contribution in [2.45, 2.75) is 13.5 Å². The first kappa shape index (κ1) is 17.2. The molecule has 25 heavy (non-hydrogen) atoms. The van der Waals surface area contributed by atoms with Crippen LogP contribution in [-0.2, 0) is 6.61 Å². The minimum atomic E-state index is 0.0952. The van der Waals surface area contributed by atoms with Crippen molar-refractivity contribution in [3.8, 4) is 23.0 Å². The van der Waals surface area contributed by atoms with Gasteiger partial charge in [0.1, 0.15) is 6.29 Å². The van der Waals surface area contributed by atoms with Gasteiger partial charge in [-0.1, -0.05) is 12.1 Å². The summed E-state index contributed by atoms with van der Waals surface area (Å²) in [7, 11) is 0. The Labute approximate surface area is 152 Å². The van der Waals surface area contributed by atoms with Crippen molar-refractivity contribution in [2.75, 3.05) is 6.61 Å². The molecule has 0 radical (unpaired) electrons. The predicted molar refractivity (Wildman–Crippen MR) is 94.8 cm³/mol. The molecule has 0 N–H and O–H groups in total. The molecule has 2 aromatic carbocycles. The molecule has 0 amide bonds. The highest BCUT2D eigenvalue weighted by Crippen LogP contribution is 2.30. The Kier molecular flexibility index (Phi) is 5.45. The minimum absolute atomic E-state index is 0.0952. The van der Waals surface area contributed by atoms with Gasteiger partial charge in [0.15, 0.2) is 18.1 Å². The van der Waals surface area contributed by atoms with E-state index in [1.807, 2.05) is 31.2 Å². The molecule has 7 heteroatoms. The van der Waals surface area contributed by atoms with E-state index in [0.29, 0.717) is 35.5 Å². The van der Waals surface area contributed by atoms with Crippen LogP contribution in [0, 0.1) is 0 Å². The molecule has 0 fully saturated rings. The summed E-state index contributed by atoms with van der Waals surface area (Å²) >= 11 is 3.45. The molecule has 0 aliphatic heterocycles. The molecule has 0 unspecified atom stereocenters. The van der Waals surface area contributed by atoms with E-state index < -0.39 is 0 Å². The number of hydrogen-bond acceptors (Lipinski definition) is 6. The number of aromatic nitrogens is 2. The first-order chi connectivity index (χ1) is 12.2. The van der Waals surface area contributed by atoms with Crippen molar-refractivity contribution in [1.82, 2.24) is 10.2 Å². The standard InChI is InChI=1S/C18H15BrN2O4/c1-2-23-16-9-12(10-22)7-8-15(16)24-11-17-20-21-18(25-17)13-5-3-4-6-14(13)19/h3-10H,2,11H2,1H3. The third kappa shape index (κ3) is 4.06.